The first-order chi connectivity index (χ1) is 8.15. The van der Waals surface area contributed by atoms with Crippen molar-refractivity contribution < 1.29 is 4.74 Å². The second kappa shape index (κ2) is 4.82. The topological polar surface area (TPSA) is 55.0 Å². The molecule has 0 radical (unpaired) electrons. The van der Waals surface area contributed by atoms with E-state index >= 15 is 0 Å². The smallest absolute Gasteiger partial charge is 0.251 e. The van der Waals surface area contributed by atoms with Crippen LogP contribution in [0.4, 0.5) is 0 Å². The molecule has 0 amide bonds. The first-order valence-electron chi connectivity index (χ1n) is 5.47. The highest BCUT2D eigenvalue weighted by molar-refractivity contribution is 5.56. The van der Waals surface area contributed by atoms with Crippen LogP contribution in [0, 0.1) is 0 Å². The van der Waals surface area contributed by atoms with Crippen molar-refractivity contribution in [2.45, 2.75) is 20.0 Å². The molecule has 1 heterocycles. The largest absolute Gasteiger partial charge is 0.491 e. The Morgan fingerprint density at radius 3 is 2.82 bits per heavy atom. The molecular formula is C13H14N2O2. The zero-order valence-electron chi connectivity index (χ0n) is 9.81. The Morgan fingerprint density at radius 1 is 1.29 bits per heavy atom. The lowest BCUT2D eigenvalue weighted by molar-refractivity contribution is 0.242. The maximum Gasteiger partial charge on any atom is 0.251 e. The van der Waals surface area contributed by atoms with Gasteiger partial charge in [-0.3, -0.25) is 4.79 Å². The van der Waals surface area contributed by atoms with Gasteiger partial charge in [0.25, 0.3) is 5.56 Å². The molecule has 2 rings (SSSR count). The summed E-state index contributed by atoms with van der Waals surface area (Å²) in [5, 5.41) is 0. The van der Waals surface area contributed by atoms with Crippen molar-refractivity contribution >= 4 is 0 Å². The number of H-pyrrole nitrogens is 1. The molecule has 2 aromatic rings. The lowest BCUT2D eigenvalue weighted by Crippen LogP contribution is -2.07. The maximum absolute atomic E-state index is 11.2. The Balaban J connectivity index is 2.36. The predicted molar refractivity (Wildman–Crippen MR) is 66.1 cm³/mol. The van der Waals surface area contributed by atoms with E-state index in [2.05, 4.69) is 9.97 Å². The molecular weight excluding hydrogens is 216 g/mol. The van der Waals surface area contributed by atoms with Gasteiger partial charge in [-0.25, -0.2) is 4.98 Å². The van der Waals surface area contributed by atoms with Gasteiger partial charge in [-0.15, -0.1) is 0 Å². The molecule has 17 heavy (non-hydrogen) atoms. The number of benzene rings is 1. The van der Waals surface area contributed by atoms with Crippen LogP contribution in [-0.4, -0.2) is 16.1 Å². The van der Waals surface area contributed by atoms with Crippen LogP contribution in [0.1, 0.15) is 13.8 Å². The molecule has 0 bridgehead atoms. The second-order valence-corrected chi connectivity index (χ2v) is 3.98. The Kier molecular flexibility index (Phi) is 3.23. The predicted octanol–water partition coefficient (Wildman–Crippen LogP) is 2.22. The molecule has 0 atom stereocenters. The van der Waals surface area contributed by atoms with Crippen molar-refractivity contribution in [3.8, 4) is 17.1 Å². The van der Waals surface area contributed by atoms with Gasteiger partial charge in [0.15, 0.2) is 0 Å². The highest BCUT2D eigenvalue weighted by Crippen LogP contribution is 2.20. The van der Waals surface area contributed by atoms with Crippen LogP contribution in [0.25, 0.3) is 11.4 Å². The third kappa shape index (κ3) is 2.93. The first-order valence-corrected chi connectivity index (χ1v) is 5.47. The molecule has 0 unspecified atom stereocenters. The molecule has 0 saturated carbocycles. The zero-order valence-corrected chi connectivity index (χ0v) is 9.81. The van der Waals surface area contributed by atoms with Gasteiger partial charge < -0.3 is 9.72 Å². The minimum atomic E-state index is -0.162. The monoisotopic (exact) mass is 230 g/mol. The fourth-order valence-corrected chi connectivity index (χ4v) is 1.51. The third-order valence-electron chi connectivity index (χ3n) is 2.15. The van der Waals surface area contributed by atoms with E-state index in [-0.39, 0.29) is 11.7 Å². The summed E-state index contributed by atoms with van der Waals surface area (Å²) in [6.07, 6.45) is 1.61. The van der Waals surface area contributed by atoms with E-state index < -0.39 is 0 Å². The van der Waals surface area contributed by atoms with Crippen molar-refractivity contribution in [2.75, 3.05) is 0 Å². The van der Waals surface area contributed by atoms with E-state index in [0.29, 0.717) is 5.82 Å². The van der Waals surface area contributed by atoms with E-state index in [4.69, 9.17) is 4.74 Å². The average Bonchev–Trinajstić information content (AvgIpc) is 2.28. The van der Waals surface area contributed by atoms with Gasteiger partial charge in [0.1, 0.15) is 11.6 Å². The number of nitrogens with zero attached hydrogens (tertiary/aromatic N) is 1. The standard InChI is InChI=1S/C13H14N2O2/c1-9(2)17-11-5-3-4-10(8-11)13-14-7-6-12(16)15-13/h3-9H,1-2H3,(H,14,15,16). The highest BCUT2D eigenvalue weighted by atomic mass is 16.5. The molecule has 1 aromatic carbocycles. The maximum atomic E-state index is 11.2. The summed E-state index contributed by atoms with van der Waals surface area (Å²) < 4.78 is 5.59. The normalized spacial score (nSPS) is 10.5. The molecule has 0 aliphatic rings. The van der Waals surface area contributed by atoms with Gasteiger partial charge in [-0.2, -0.15) is 0 Å². The van der Waals surface area contributed by atoms with Crippen LogP contribution in [0.3, 0.4) is 0 Å². The van der Waals surface area contributed by atoms with Crippen molar-refractivity contribution in [3.63, 3.8) is 0 Å². The van der Waals surface area contributed by atoms with E-state index in [1.807, 2.05) is 38.1 Å². The van der Waals surface area contributed by atoms with E-state index in [1.54, 1.807) is 0 Å². The van der Waals surface area contributed by atoms with Gasteiger partial charge >= 0.3 is 0 Å². The quantitative estimate of drug-likeness (QED) is 0.879. The molecule has 1 N–H and O–H groups in total. The summed E-state index contributed by atoms with van der Waals surface area (Å²) in [5.74, 6) is 1.32. The molecule has 4 heteroatoms. The van der Waals surface area contributed by atoms with Gasteiger partial charge in [-0.05, 0) is 26.0 Å². The molecule has 0 saturated heterocycles. The molecule has 1 aromatic heterocycles. The average molecular weight is 230 g/mol. The number of nitrogens with one attached hydrogen (secondary N) is 1. The Labute approximate surface area is 99.3 Å². The molecule has 4 nitrogen and oxygen atoms in total. The van der Waals surface area contributed by atoms with Crippen molar-refractivity contribution in [1.82, 2.24) is 9.97 Å². The summed E-state index contributed by atoms with van der Waals surface area (Å²) >= 11 is 0. The number of hydrogen-bond acceptors (Lipinski definition) is 3. The van der Waals surface area contributed by atoms with Crippen LogP contribution in [0.15, 0.2) is 41.3 Å². The number of aromatic amines is 1. The number of rotatable bonds is 3. The van der Waals surface area contributed by atoms with E-state index in [1.165, 1.54) is 12.3 Å². The van der Waals surface area contributed by atoms with E-state index in [9.17, 15) is 4.79 Å². The van der Waals surface area contributed by atoms with Crippen LogP contribution in [-0.2, 0) is 0 Å². The summed E-state index contributed by atoms with van der Waals surface area (Å²) in [4.78, 5) is 18.0. The SMILES string of the molecule is CC(C)Oc1cccc(-c2nccc(=O)[nH]2)c1. The van der Waals surface area contributed by atoms with Crippen LogP contribution >= 0.6 is 0 Å². The number of aromatic nitrogens is 2. The summed E-state index contributed by atoms with van der Waals surface area (Å²) in [6, 6.07) is 8.88. The fraction of sp³-hybridized carbons (Fsp3) is 0.231. The van der Waals surface area contributed by atoms with Crippen molar-refractivity contribution in [2.24, 2.45) is 0 Å². The molecule has 0 aliphatic carbocycles. The lowest BCUT2D eigenvalue weighted by atomic mass is 10.2. The van der Waals surface area contributed by atoms with Crippen LogP contribution in [0.5, 0.6) is 5.75 Å². The lowest BCUT2D eigenvalue weighted by Gasteiger charge is -2.10. The molecule has 0 spiro atoms. The third-order valence-corrected chi connectivity index (χ3v) is 2.15. The van der Waals surface area contributed by atoms with Crippen molar-refractivity contribution in [3.05, 3.63) is 46.9 Å². The minimum Gasteiger partial charge on any atom is -0.491 e. The van der Waals surface area contributed by atoms with Crippen LogP contribution < -0.4 is 10.3 Å². The van der Waals surface area contributed by atoms with E-state index in [0.717, 1.165) is 11.3 Å². The van der Waals surface area contributed by atoms with Crippen molar-refractivity contribution in [1.29, 1.82) is 0 Å². The number of hydrogen-bond donors (Lipinski definition) is 1. The van der Waals surface area contributed by atoms with Gasteiger partial charge in [0, 0.05) is 17.8 Å². The zero-order chi connectivity index (χ0) is 12.3. The Hall–Kier alpha value is -2.10. The second-order valence-electron chi connectivity index (χ2n) is 3.98. The minimum absolute atomic E-state index is 0.119. The van der Waals surface area contributed by atoms with Gasteiger partial charge in [-0.1, -0.05) is 12.1 Å². The molecule has 88 valence electrons. The Bertz CT molecular complexity index is 561. The van der Waals surface area contributed by atoms with Crippen LogP contribution in [0.2, 0.25) is 0 Å². The molecule has 0 aliphatic heterocycles. The number of ether oxygens (including phenoxy) is 1. The fourth-order valence-electron chi connectivity index (χ4n) is 1.51. The Morgan fingerprint density at radius 2 is 2.12 bits per heavy atom. The summed E-state index contributed by atoms with van der Waals surface area (Å²) in [7, 11) is 0. The van der Waals surface area contributed by atoms with Gasteiger partial charge in [0.2, 0.25) is 0 Å². The molecule has 0 fully saturated rings. The summed E-state index contributed by atoms with van der Waals surface area (Å²) in [5.41, 5.74) is 0.672. The van der Waals surface area contributed by atoms with Gasteiger partial charge in [0.05, 0.1) is 6.10 Å². The first kappa shape index (κ1) is 11.4. The summed E-state index contributed by atoms with van der Waals surface area (Å²) in [6.45, 7) is 3.94. The highest BCUT2D eigenvalue weighted by Gasteiger charge is 2.03.